The number of anilines is 1. The van der Waals surface area contributed by atoms with Gasteiger partial charge in [-0.3, -0.25) is 4.31 Å². The van der Waals surface area contributed by atoms with E-state index in [2.05, 4.69) is 0 Å². The molecule has 0 bridgehead atoms. The molecule has 0 aliphatic heterocycles. The Hall–Kier alpha value is -2.41. The van der Waals surface area contributed by atoms with Gasteiger partial charge in [0.05, 0.1) is 12.8 Å². The molecule has 0 radical (unpaired) electrons. The van der Waals surface area contributed by atoms with Crippen LogP contribution in [0.5, 0.6) is 17.2 Å². The maximum atomic E-state index is 12.3. The lowest BCUT2D eigenvalue weighted by Gasteiger charge is -2.19. The zero-order chi connectivity index (χ0) is 16.9. The minimum absolute atomic E-state index is 0.0388. The highest BCUT2D eigenvalue weighted by atomic mass is 32.2. The predicted octanol–water partition coefficient (Wildman–Crippen LogP) is 2.25. The van der Waals surface area contributed by atoms with Crippen molar-refractivity contribution >= 4 is 15.7 Å². The van der Waals surface area contributed by atoms with Gasteiger partial charge >= 0.3 is 0 Å². The number of aromatic hydroxyl groups is 1. The lowest BCUT2D eigenvalue weighted by atomic mass is 10.3. The number of benzene rings is 2. The van der Waals surface area contributed by atoms with E-state index >= 15 is 0 Å². The molecule has 0 saturated heterocycles. The van der Waals surface area contributed by atoms with Gasteiger partial charge in [-0.15, -0.1) is 0 Å². The smallest absolute Gasteiger partial charge is 0.238 e. The highest BCUT2D eigenvalue weighted by Gasteiger charge is 2.18. The van der Waals surface area contributed by atoms with Crippen LogP contribution in [0.25, 0.3) is 0 Å². The zero-order valence-corrected chi connectivity index (χ0v) is 13.8. The molecule has 7 heteroatoms. The molecular formula is C16H19NO5S. The van der Waals surface area contributed by atoms with Gasteiger partial charge in [0, 0.05) is 7.05 Å². The van der Waals surface area contributed by atoms with Crippen molar-refractivity contribution in [2.75, 3.05) is 30.8 Å². The summed E-state index contributed by atoms with van der Waals surface area (Å²) in [5.74, 6) is 1.21. The summed E-state index contributed by atoms with van der Waals surface area (Å²) in [6.45, 7) is 0.0388. The number of rotatable bonds is 7. The number of phenolic OH excluding ortho intramolecular Hbond substituents is 1. The molecular weight excluding hydrogens is 318 g/mol. The summed E-state index contributed by atoms with van der Waals surface area (Å²) < 4.78 is 36.2. The van der Waals surface area contributed by atoms with Crippen molar-refractivity contribution in [2.24, 2.45) is 0 Å². The molecule has 6 nitrogen and oxygen atoms in total. The molecule has 0 unspecified atom stereocenters. The highest BCUT2D eigenvalue weighted by molar-refractivity contribution is 7.92. The Morgan fingerprint density at radius 1 is 1.00 bits per heavy atom. The van der Waals surface area contributed by atoms with Gasteiger partial charge in [-0.1, -0.05) is 0 Å². The fourth-order valence-corrected chi connectivity index (χ4v) is 2.91. The molecule has 0 spiro atoms. The van der Waals surface area contributed by atoms with Crippen LogP contribution < -0.4 is 13.8 Å². The normalized spacial score (nSPS) is 11.0. The van der Waals surface area contributed by atoms with Crippen LogP contribution in [0, 0.1) is 0 Å². The van der Waals surface area contributed by atoms with Gasteiger partial charge in [0.2, 0.25) is 10.0 Å². The Kier molecular flexibility index (Phi) is 5.33. The summed E-state index contributed by atoms with van der Waals surface area (Å²) in [5.41, 5.74) is 0.479. The lowest BCUT2D eigenvalue weighted by molar-refractivity contribution is 0.339. The van der Waals surface area contributed by atoms with Gasteiger partial charge in [0.15, 0.2) is 0 Å². The van der Waals surface area contributed by atoms with Crippen LogP contribution in [-0.2, 0) is 10.0 Å². The summed E-state index contributed by atoms with van der Waals surface area (Å²) in [5, 5.41) is 9.25. The monoisotopic (exact) mass is 337 g/mol. The molecule has 0 aliphatic rings. The van der Waals surface area contributed by atoms with Crippen LogP contribution >= 0.6 is 0 Å². The highest BCUT2D eigenvalue weighted by Crippen LogP contribution is 2.20. The maximum Gasteiger partial charge on any atom is 0.238 e. The maximum absolute atomic E-state index is 12.3. The fourth-order valence-electron chi connectivity index (χ4n) is 1.90. The second-order valence-electron chi connectivity index (χ2n) is 4.82. The Bertz CT molecular complexity index is 726. The van der Waals surface area contributed by atoms with Crippen molar-refractivity contribution in [1.29, 1.82) is 0 Å². The topological polar surface area (TPSA) is 76.1 Å². The molecule has 2 aromatic carbocycles. The SMILES string of the molecule is COc1ccc(OCCS(=O)(=O)N(C)c2ccc(O)cc2)cc1. The second-order valence-corrected chi connectivity index (χ2v) is 6.94. The third-order valence-corrected chi connectivity index (χ3v) is 5.03. The molecule has 0 amide bonds. The number of hydrogen-bond acceptors (Lipinski definition) is 5. The molecule has 23 heavy (non-hydrogen) atoms. The van der Waals surface area contributed by atoms with E-state index in [-0.39, 0.29) is 18.1 Å². The van der Waals surface area contributed by atoms with Crippen LogP contribution in [0.2, 0.25) is 0 Å². The standard InChI is InChI=1S/C16H19NO5S/c1-17(13-3-5-14(18)6-4-13)23(19,20)12-11-22-16-9-7-15(21-2)8-10-16/h3-10,18H,11-12H2,1-2H3. The zero-order valence-electron chi connectivity index (χ0n) is 13.0. The van der Waals surface area contributed by atoms with Crippen molar-refractivity contribution in [3.8, 4) is 17.2 Å². The largest absolute Gasteiger partial charge is 0.508 e. The first-order chi connectivity index (χ1) is 10.9. The summed E-state index contributed by atoms with van der Waals surface area (Å²) in [6.07, 6.45) is 0. The van der Waals surface area contributed by atoms with Crippen LogP contribution in [0.4, 0.5) is 5.69 Å². The summed E-state index contributed by atoms with van der Waals surface area (Å²) in [6, 6.07) is 12.9. The third-order valence-electron chi connectivity index (χ3n) is 3.30. The van der Waals surface area contributed by atoms with E-state index in [1.165, 1.54) is 35.6 Å². The minimum Gasteiger partial charge on any atom is -0.508 e. The minimum atomic E-state index is -3.51. The number of methoxy groups -OCH3 is 1. The number of ether oxygens (including phenoxy) is 2. The second kappa shape index (κ2) is 7.23. The number of phenols is 1. The van der Waals surface area contributed by atoms with E-state index in [0.717, 1.165) is 0 Å². The Morgan fingerprint density at radius 2 is 1.57 bits per heavy atom. The molecule has 0 atom stereocenters. The van der Waals surface area contributed by atoms with E-state index < -0.39 is 10.0 Å². The summed E-state index contributed by atoms with van der Waals surface area (Å²) in [7, 11) is -0.469. The van der Waals surface area contributed by atoms with Gasteiger partial charge in [0.1, 0.15) is 29.6 Å². The first-order valence-corrected chi connectivity index (χ1v) is 8.56. The first kappa shape index (κ1) is 17.0. The fraction of sp³-hybridized carbons (Fsp3) is 0.250. The van der Waals surface area contributed by atoms with Crippen molar-refractivity contribution in [1.82, 2.24) is 0 Å². The Morgan fingerprint density at radius 3 is 2.13 bits per heavy atom. The molecule has 0 fully saturated rings. The molecule has 1 N–H and O–H groups in total. The van der Waals surface area contributed by atoms with Crippen LogP contribution in [0.3, 0.4) is 0 Å². The molecule has 2 rings (SSSR count). The Balaban J connectivity index is 1.93. The van der Waals surface area contributed by atoms with Crippen molar-refractivity contribution in [3.63, 3.8) is 0 Å². The average Bonchev–Trinajstić information content (AvgIpc) is 2.55. The van der Waals surface area contributed by atoms with Gasteiger partial charge in [0.25, 0.3) is 0 Å². The van der Waals surface area contributed by atoms with Crippen LogP contribution in [0.15, 0.2) is 48.5 Å². The van der Waals surface area contributed by atoms with E-state index in [0.29, 0.717) is 17.2 Å². The molecule has 0 aromatic heterocycles. The predicted molar refractivity (Wildman–Crippen MR) is 88.8 cm³/mol. The van der Waals surface area contributed by atoms with Crippen molar-refractivity contribution in [2.45, 2.75) is 0 Å². The molecule has 0 saturated carbocycles. The number of sulfonamides is 1. The number of hydrogen-bond donors (Lipinski definition) is 1. The molecule has 2 aromatic rings. The third kappa shape index (κ3) is 4.53. The van der Waals surface area contributed by atoms with E-state index in [1.807, 2.05) is 0 Å². The number of nitrogens with zero attached hydrogens (tertiary/aromatic N) is 1. The first-order valence-electron chi connectivity index (χ1n) is 6.95. The van der Waals surface area contributed by atoms with Gasteiger partial charge in [-0.2, -0.15) is 0 Å². The average molecular weight is 337 g/mol. The van der Waals surface area contributed by atoms with E-state index in [4.69, 9.17) is 9.47 Å². The van der Waals surface area contributed by atoms with Gasteiger partial charge < -0.3 is 14.6 Å². The summed E-state index contributed by atoms with van der Waals surface area (Å²) in [4.78, 5) is 0. The van der Waals surface area contributed by atoms with Crippen LogP contribution in [-0.4, -0.2) is 40.0 Å². The quantitative estimate of drug-likeness (QED) is 0.838. The van der Waals surface area contributed by atoms with E-state index in [9.17, 15) is 13.5 Å². The van der Waals surface area contributed by atoms with Gasteiger partial charge in [-0.05, 0) is 48.5 Å². The molecule has 0 aliphatic carbocycles. The Labute approximate surface area is 135 Å². The summed E-state index contributed by atoms with van der Waals surface area (Å²) >= 11 is 0. The van der Waals surface area contributed by atoms with E-state index in [1.54, 1.807) is 31.4 Å². The molecule has 0 heterocycles. The lowest BCUT2D eigenvalue weighted by Crippen LogP contribution is -2.31. The van der Waals surface area contributed by atoms with Crippen molar-refractivity contribution < 1.29 is 23.0 Å². The molecule has 124 valence electrons. The van der Waals surface area contributed by atoms with Crippen LogP contribution in [0.1, 0.15) is 0 Å². The van der Waals surface area contributed by atoms with Gasteiger partial charge in [-0.25, -0.2) is 8.42 Å². The van der Waals surface area contributed by atoms with Crippen molar-refractivity contribution in [3.05, 3.63) is 48.5 Å².